The van der Waals surface area contributed by atoms with Crippen molar-refractivity contribution in [1.29, 1.82) is 0 Å². The molecule has 2 N–H and O–H groups in total. The average Bonchev–Trinajstić information content (AvgIpc) is 3.09. The molecular weight excluding hydrogens is 455 g/mol. The number of guanidine groups is 1. The topological polar surface area (TPSA) is 63.7 Å². The van der Waals surface area contributed by atoms with Crippen LogP contribution in [0, 0.1) is 0 Å². The Hall–Kier alpha value is -1.00. The number of hydrogen-bond acceptors (Lipinski definition) is 5. The van der Waals surface area contributed by atoms with Crippen molar-refractivity contribution in [3.05, 3.63) is 35.3 Å². The molecule has 130 valence electrons. The molecule has 3 rings (SSSR count). The Labute approximate surface area is 167 Å². The molecule has 24 heavy (non-hydrogen) atoms. The van der Waals surface area contributed by atoms with E-state index in [4.69, 9.17) is 10.5 Å². The maximum atomic E-state index is 6.07. The third-order valence-electron chi connectivity index (χ3n) is 3.63. The fraction of sp³-hybridized carbons (Fsp3) is 0.375. The lowest BCUT2D eigenvalue weighted by Crippen LogP contribution is -2.42. The van der Waals surface area contributed by atoms with Crippen LogP contribution in [0.4, 0.5) is 0 Å². The van der Waals surface area contributed by atoms with Gasteiger partial charge < -0.3 is 15.4 Å². The van der Waals surface area contributed by atoms with Crippen LogP contribution < -0.4 is 10.5 Å². The van der Waals surface area contributed by atoms with E-state index in [0.717, 1.165) is 46.6 Å². The molecule has 1 aliphatic rings. The van der Waals surface area contributed by atoms with Crippen molar-refractivity contribution in [2.24, 2.45) is 10.7 Å². The Morgan fingerprint density at radius 1 is 1.29 bits per heavy atom. The zero-order valence-corrected chi connectivity index (χ0v) is 17.4. The molecule has 1 saturated heterocycles. The van der Waals surface area contributed by atoms with Crippen LogP contribution >= 0.6 is 47.1 Å². The van der Waals surface area contributed by atoms with Crippen molar-refractivity contribution >= 4 is 53.0 Å². The van der Waals surface area contributed by atoms with E-state index in [0.29, 0.717) is 12.5 Å². The van der Waals surface area contributed by atoms with Crippen molar-refractivity contribution in [1.82, 2.24) is 9.88 Å². The van der Waals surface area contributed by atoms with Gasteiger partial charge in [0.2, 0.25) is 0 Å². The number of nitrogens with zero attached hydrogens (tertiary/aromatic N) is 3. The van der Waals surface area contributed by atoms with E-state index in [1.807, 2.05) is 41.4 Å². The van der Waals surface area contributed by atoms with Crippen LogP contribution in [0.2, 0.25) is 0 Å². The van der Waals surface area contributed by atoms with Gasteiger partial charge in [-0.1, -0.05) is 0 Å². The first-order chi connectivity index (χ1) is 11.3. The first-order valence-electron chi connectivity index (χ1n) is 7.47. The quantitative estimate of drug-likeness (QED) is 0.417. The fourth-order valence-corrected chi connectivity index (χ4v) is 4.02. The lowest BCUT2D eigenvalue weighted by atomic mass is 10.2. The predicted octanol–water partition coefficient (Wildman–Crippen LogP) is 3.30. The van der Waals surface area contributed by atoms with Gasteiger partial charge >= 0.3 is 0 Å². The van der Waals surface area contributed by atoms with Gasteiger partial charge in [0.15, 0.2) is 5.96 Å². The van der Waals surface area contributed by atoms with Crippen LogP contribution in [0.5, 0.6) is 5.75 Å². The van der Waals surface area contributed by atoms with Crippen molar-refractivity contribution in [2.75, 3.05) is 31.7 Å². The predicted molar refractivity (Wildman–Crippen MR) is 114 cm³/mol. The zero-order chi connectivity index (χ0) is 16.1. The Balaban J connectivity index is 0.00000208. The van der Waals surface area contributed by atoms with Crippen LogP contribution in [0.15, 0.2) is 34.6 Å². The van der Waals surface area contributed by atoms with E-state index in [1.165, 1.54) is 0 Å². The maximum Gasteiger partial charge on any atom is 0.191 e. The highest BCUT2D eigenvalue weighted by molar-refractivity contribution is 14.0. The molecule has 0 spiro atoms. The molecule has 2 aromatic rings. The lowest BCUT2D eigenvalue weighted by molar-refractivity contribution is 0.415. The minimum atomic E-state index is 0. The number of aromatic nitrogens is 1. The van der Waals surface area contributed by atoms with E-state index < -0.39 is 0 Å². The molecule has 0 unspecified atom stereocenters. The van der Waals surface area contributed by atoms with Gasteiger partial charge in [0.1, 0.15) is 10.8 Å². The minimum Gasteiger partial charge on any atom is -0.497 e. The molecule has 1 aromatic carbocycles. The molecule has 1 fully saturated rings. The van der Waals surface area contributed by atoms with Gasteiger partial charge in [-0.15, -0.1) is 35.3 Å². The number of hydrogen-bond donors (Lipinski definition) is 1. The second-order valence-electron chi connectivity index (χ2n) is 5.15. The molecular formula is C16H21IN4OS2. The summed E-state index contributed by atoms with van der Waals surface area (Å²) in [6.07, 6.45) is 0. The largest absolute Gasteiger partial charge is 0.497 e. The van der Waals surface area contributed by atoms with E-state index in [1.54, 1.807) is 18.4 Å². The number of aliphatic imine (C=N–C) groups is 1. The van der Waals surface area contributed by atoms with Crippen molar-refractivity contribution < 1.29 is 4.74 Å². The molecule has 0 saturated carbocycles. The van der Waals surface area contributed by atoms with Crippen LogP contribution in [-0.2, 0) is 6.54 Å². The molecule has 0 atom stereocenters. The summed E-state index contributed by atoms with van der Waals surface area (Å²) in [5.41, 5.74) is 8.12. The summed E-state index contributed by atoms with van der Waals surface area (Å²) in [5.74, 6) is 3.72. The molecule has 8 heteroatoms. The fourth-order valence-electron chi connectivity index (χ4n) is 2.30. The minimum absolute atomic E-state index is 0. The highest BCUT2D eigenvalue weighted by Crippen LogP contribution is 2.25. The summed E-state index contributed by atoms with van der Waals surface area (Å²) in [6.45, 7) is 2.49. The smallest absolute Gasteiger partial charge is 0.191 e. The Bertz CT molecular complexity index is 669. The Morgan fingerprint density at radius 2 is 2.00 bits per heavy atom. The second kappa shape index (κ2) is 9.47. The molecule has 1 aliphatic heterocycles. The zero-order valence-electron chi connectivity index (χ0n) is 13.5. The summed E-state index contributed by atoms with van der Waals surface area (Å²) in [7, 11) is 1.67. The normalized spacial score (nSPS) is 15.0. The number of nitrogens with two attached hydrogens (primary N) is 1. The maximum absolute atomic E-state index is 6.07. The number of rotatable bonds is 4. The molecule has 0 aliphatic carbocycles. The van der Waals surface area contributed by atoms with Gasteiger partial charge in [0.25, 0.3) is 0 Å². The van der Waals surface area contributed by atoms with Crippen LogP contribution in [0.1, 0.15) is 5.69 Å². The molecule has 2 heterocycles. The lowest BCUT2D eigenvalue weighted by Gasteiger charge is -2.27. The van der Waals surface area contributed by atoms with Gasteiger partial charge in [-0.05, 0) is 24.3 Å². The second-order valence-corrected chi connectivity index (χ2v) is 7.23. The third-order valence-corrected chi connectivity index (χ3v) is 5.51. The van der Waals surface area contributed by atoms with E-state index >= 15 is 0 Å². The van der Waals surface area contributed by atoms with Crippen molar-refractivity contribution in [3.8, 4) is 16.3 Å². The third kappa shape index (κ3) is 5.00. The number of methoxy groups -OCH3 is 1. The summed E-state index contributed by atoms with van der Waals surface area (Å²) in [6, 6.07) is 7.93. The molecule has 5 nitrogen and oxygen atoms in total. The first kappa shape index (κ1) is 19.3. The number of ether oxygens (including phenoxy) is 1. The van der Waals surface area contributed by atoms with Crippen molar-refractivity contribution in [2.45, 2.75) is 6.54 Å². The number of thiazole rings is 1. The Morgan fingerprint density at radius 3 is 2.67 bits per heavy atom. The van der Waals surface area contributed by atoms with Crippen LogP contribution in [0.25, 0.3) is 10.6 Å². The molecule has 0 amide bonds. The average molecular weight is 476 g/mol. The summed E-state index contributed by atoms with van der Waals surface area (Å²) >= 11 is 3.59. The number of thioether (sulfide) groups is 1. The van der Waals surface area contributed by atoms with Crippen LogP contribution in [-0.4, -0.2) is 47.5 Å². The highest BCUT2D eigenvalue weighted by Gasteiger charge is 2.12. The van der Waals surface area contributed by atoms with E-state index in [-0.39, 0.29) is 24.0 Å². The van der Waals surface area contributed by atoms with Crippen LogP contribution in [0.3, 0.4) is 0 Å². The van der Waals surface area contributed by atoms with Gasteiger partial charge in [0, 0.05) is 35.5 Å². The highest BCUT2D eigenvalue weighted by atomic mass is 127. The SMILES string of the molecule is COc1ccc(-c2nc(CN=C(N)N3CCSCC3)cs2)cc1.I. The summed E-state index contributed by atoms with van der Waals surface area (Å²) in [4.78, 5) is 11.3. The van der Waals surface area contributed by atoms with Crippen molar-refractivity contribution in [3.63, 3.8) is 0 Å². The molecule has 0 bridgehead atoms. The number of halogens is 1. The summed E-state index contributed by atoms with van der Waals surface area (Å²) < 4.78 is 5.18. The standard InChI is InChI=1S/C16H20N4OS2.HI/c1-21-14-4-2-12(3-5-14)15-19-13(11-23-15)10-18-16(17)20-6-8-22-9-7-20;/h2-5,11H,6-10H2,1H3,(H2,17,18);1H. The first-order valence-corrected chi connectivity index (χ1v) is 9.51. The molecule has 0 radical (unpaired) electrons. The Kier molecular flexibility index (Phi) is 7.63. The number of benzene rings is 1. The molecule has 1 aromatic heterocycles. The van der Waals surface area contributed by atoms with Gasteiger partial charge in [-0.2, -0.15) is 11.8 Å². The van der Waals surface area contributed by atoms with E-state index in [2.05, 4.69) is 14.9 Å². The van der Waals surface area contributed by atoms with Gasteiger partial charge in [0.05, 0.1) is 19.3 Å². The van der Waals surface area contributed by atoms with Gasteiger partial charge in [-0.25, -0.2) is 9.98 Å². The van der Waals surface area contributed by atoms with Gasteiger partial charge in [-0.3, -0.25) is 0 Å². The summed E-state index contributed by atoms with van der Waals surface area (Å²) in [5, 5.41) is 3.04. The monoisotopic (exact) mass is 476 g/mol. The van der Waals surface area contributed by atoms with E-state index in [9.17, 15) is 0 Å².